The molecule has 0 amide bonds. The Labute approximate surface area is 212 Å². The van der Waals surface area contributed by atoms with Gasteiger partial charge in [0.15, 0.2) is 0 Å². The van der Waals surface area contributed by atoms with Crippen LogP contribution in [0.5, 0.6) is 0 Å². The molecule has 5 N–H and O–H groups in total. The van der Waals surface area contributed by atoms with E-state index in [0.717, 1.165) is 38.5 Å². The fourth-order valence-corrected chi connectivity index (χ4v) is 11.0. The summed E-state index contributed by atoms with van der Waals surface area (Å²) in [7, 11) is 0. The highest BCUT2D eigenvalue weighted by atomic mass is 16.3. The van der Waals surface area contributed by atoms with Crippen molar-refractivity contribution in [3.05, 3.63) is 11.6 Å². The molecular weight excluding hydrogens is 440 g/mol. The van der Waals surface area contributed by atoms with Crippen molar-refractivity contribution in [2.24, 2.45) is 50.2 Å². The summed E-state index contributed by atoms with van der Waals surface area (Å²) >= 11 is 0. The summed E-state index contributed by atoms with van der Waals surface area (Å²) in [6.45, 7) is 13.5. The molecule has 0 bridgehead atoms. The molecule has 0 heterocycles. The Hall–Kier alpha value is -0.460. The van der Waals surface area contributed by atoms with E-state index in [2.05, 4.69) is 47.6 Å². The SMILES string of the molecule is CC1(C)C[C@@H]2C3=CC[C@@H]4[C@@]5(C)CC[C@H](O)[C@@](C)(CO)[C@H]5CC[C@@]4(C)[C@]3(C)C[C@@H](O)[C@@]2(CO)[C@@H](O)C1. The lowest BCUT2D eigenvalue weighted by atomic mass is 9.33. The molecule has 11 atom stereocenters. The van der Waals surface area contributed by atoms with Crippen LogP contribution >= 0.6 is 0 Å². The van der Waals surface area contributed by atoms with E-state index in [1.807, 2.05) is 0 Å². The summed E-state index contributed by atoms with van der Waals surface area (Å²) in [6, 6.07) is 0. The fourth-order valence-electron chi connectivity index (χ4n) is 11.0. The van der Waals surface area contributed by atoms with Crippen molar-refractivity contribution in [1.29, 1.82) is 0 Å². The summed E-state index contributed by atoms with van der Waals surface area (Å²) in [6.07, 6.45) is 7.18. The van der Waals surface area contributed by atoms with E-state index in [9.17, 15) is 25.5 Å². The second-order valence-electron chi connectivity index (χ2n) is 15.1. The molecule has 5 nitrogen and oxygen atoms in total. The van der Waals surface area contributed by atoms with Crippen molar-refractivity contribution in [2.75, 3.05) is 13.2 Å². The largest absolute Gasteiger partial charge is 0.396 e. The van der Waals surface area contributed by atoms with Gasteiger partial charge in [0.05, 0.1) is 36.9 Å². The van der Waals surface area contributed by atoms with E-state index >= 15 is 0 Å². The molecule has 5 heteroatoms. The monoisotopic (exact) mass is 490 g/mol. The number of rotatable bonds is 2. The molecule has 5 aliphatic carbocycles. The Bertz CT molecular complexity index is 899. The maximum atomic E-state index is 11.7. The Kier molecular flexibility index (Phi) is 5.82. The van der Waals surface area contributed by atoms with Gasteiger partial charge in [0.25, 0.3) is 0 Å². The van der Waals surface area contributed by atoms with E-state index in [1.165, 1.54) is 5.57 Å². The van der Waals surface area contributed by atoms with E-state index in [1.54, 1.807) is 0 Å². The Morgan fingerprint density at radius 3 is 2.06 bits per heavy atom. The van der Waals surface area contributed by atoms with Crippen LogP contribution in [-0.2, 0) is 0 Å². The summed E-state index contributed by atoms with van der Waals surface area (Å²) in [5, 5.41) is 55.1. The first-order valence-electron chi connectivity index (χ1n) is 14.1. The van der Waals surface area contributed by atoms with Crippen molar-refractivity contribution >= 4 is 0 Å². The van der Waals surface area contributed by atoms with Gasteiger partial charge in [0, 0.05) is 5.41 Å². The Morgan fingerprint density at radius 2 is 1.43 bits per heavy atom. The number of fused-ring (bicyclic) bond motifs is 7. The molecule has 4 saturated carbocycles. The smallest absolute Gasteiger partial charge is 0.0657 e. The lowest BCUT2D eigenvalue weighted by Crippen LogP contribution is -2.69. The average Bonchev–Trinajstić information content (AvgIpc) is 2.76. The lowest BCUT2D eigenvalue weighted by molar-refractivity contribution is -0.240. The predicted octanol–water partition coefficient (Wildman–Crippen LogP) is 4.06. The molecule has 0 spiro atoms. The third-order valence-corrected chi connectivity index (χ3v) is 13.3. The molecule has 0 saturated heterocycles. The predicted molar refractivity (Wildman–Crippen MR) is 136 cm³/mol. The minimum absolute atomic E-state index is 0.0105. The maximum Gasteiger partial charge on any atom is 0.0657 e. The molecule has 0 aromatic rings. The quantitative estimate of drug-likeness (QED) is 0.376. The summed E-state index contributed by atoms with van der Waals surface area (Å²) in [5.74, 6) is 0.635. The van der Waals surface area contributed by atoms with Crippen LogP contribution in [0.3, 0.4) is 0 Å². The molecular formula is C30H50O5. The molecule has 0 aromatic heterocycles. The standard InChI is InChI=1S/C30H50O5/c1-25(2)13-19-18-7-8-21-26(3)11-10-22(33)27(4,16-31)20(26)9-12-28(21,5)29(18,6)15-24(35)30(19,17-32)23(34)14-25/h7,19-24,31-35H,8-17H2,1-6H3/t19-,20+,21-,22+,23+,24-,26+,27+,28-,29-,30-/m1/s1. The molecule has 0 radical (unpaired) electrons. The molecule has 200 valence electrons. The second kappa shape index (κ2) is 7.79. The van der Waals surface area contributed by atoms with E-state index in [-0.39, 0.29) is 46.7 Å². The first kappa shape index (κ1) is 26.2. The van der Waals surface area contributed by atoms with Crippen molar-refractivity contribution in [2.45, 2.75) is 111 Å². The van der Waals surface area contributed by atoms with Crippen LogP contribution in [0.2, 0.25) is 0 Å². The number of allylic oxidation sites excluding steroid dienone is 2. The maximum absolute atomic E-state index is 11.7. The highest BCUT2D eigenvalue weighted by molar-refractivity contribution is 5.35. The van der Waals surface area contributed by atoms with Crippen LogP contribution in [0.4, 0.5) is 0 Å². The topological polar surface area (TPSA) is 101 Å². The van der Waals surface area contributed by atoms with Crippen LogP contribution in [-0.4, -0.2) is 57.1 Å². The average molecular weight is 491 g/mol. The summed E-state index contributed by atoms with van der Waals surface area (Å²) in [5.41, 5.74) is -0.279. The van der Waals surface area contributed by atoms with Crippen LogP contribution in [0, 0.1) is 50.2 Å². The number of aliphatic hydroxyl groups is 5. The van der Waals surface area contributed by atoms with Gasteiger partial charge in [0.1, 0.15) is 0 Å². The molecule has 4 fully saturated rings. The number of hydrogen-bond acceptors (Lipinski definition) is 5. The van der Waals surface area contributed by atoms with Crippen LogP contribution in [0.25, 0.3) is 0 Å². The zero-order valence-corrected chi connectivity index (χ0v) is 22.8. The van der Waals surface area contributed by atoms with Crippen LogP contribution < -0.4 is 0 Å². The molecule has 0 aromatic carbocycles. The van der Waals surface area contributed by atoms with Gasteiger partial charge < -0.3 is 25.5 Å². The van der Waals surface area contributed by atoms with Crippen molar-refractivity contribution in [3.8, 4) is 0 Å². The number of hydrogen-bond donors (Lipinski definition) is 5. The van der Waals surface area contributed by atoms with Gasteiger partial charge in [-0.15, -0.1) is 0 Å². The Morgan fingerprint density at radius 1 is 0.771 bits per heavy atom. The fraction of sp³-hybridized carbons (Fsp3) is 0.933. The van der Waals surface area contributed by atoms with Crippen LogP contribution in [0.15, 0.2) is 11.6 Å². The highest BCUT2D eigenvalue weighted by Crippen LogP contribution is 2.75. The first-order valence-corrected chi connectivity index (χ1v) is 14.1. The third kappa shape index (κ3) is 3.05. The summed E-state index contributed by atoms with van der Waals surface area (Å²) in [4.78, 5) is 0. The normalized spacial score (nSPS) is 57.3. The minimum atomic E-state index is -0.879. The van der Waals surface area contributed by atoms with Crippen LogP contribution in [0.1, 0.15) is 92.9 Å². The molecule has 5 aliphatic rings. The minimum Gasteiger partial charge on any atom is -0.396 e. The first-order chi connectivity index (χ1) is 16.2. The second-order valence-corrected chi connectivity index (χ2v) is 15.1. The van der Waals surface area contributed by atoms with E-state index in [4.69, 9.17) is 0 Å². The van der Waals surface area contributed by atoms with E-state index < -0.39 is 29.1 Å². The summed E-state index contributed by atoms with van der Waals surface area (Å²) < 4.78 is 0. The Balaban J connectivity index is 1.62. The molecule has 0 aliphatic heterocycles. The van der Waals surface area contributed by atoms with Gasteiger partial charge in [0.2, 0.25) is 0 Å². The zero-order valence-electron chi connectivity index (χ0n) is 22.8. The molecule has 5 rings (SSSR count). The number of aliphatic hydroxyl groups excluding tert-OH is 5. The van der Waals surface area contributed by atoms with Gasteiger partial charge in [-0.25, -0.2) is 0 Å². The van der Waals surface area contributed by atoms with Crippen molar-refractivity contribution in [3.63, 3.8) is 0 Å². The van der Waals surface area contributed by atoms with Crippen molar-refractivity contribution < 1.29 is 25.5 Å². The van der Waals surface area contributed by atoms with E-state index in [0.29, 0.717) is 18.8 Å². The van der Waals surface area contributed by atoms with Gasteiger partial charge >= 0.3 is 0 Å². The van der Waals surface area contributed by atoms with Gasteiger partial charge in [-0.3, -0.25) is 0 Å². The zero-order chi connectivity index (χ0) is 25.8. The van der Waals surface area contributed by atoms with Gasteiger partial charge in [-0.2, -0.15) is 0 Å². The van der Waals surface area contributed by atoms with Gasteiger partial charge in [-0.1, -0.05) is 53.2 Å². The van der Waals surface area contributed by atoms with Crippen molar-refractivity contribution in [1.82, 2.24) is 0 Å². The lowest BCUT2D eigenvalue weighted by Gasteiger charge is -2.72. The van der Waals surface area contributed by atoms with Gasteiger partial charge in [-0.05, 0) is 90.8 Å². The molecule has 0 unspecified atom stereocenters. The highest BCUT2D eigenvalue weighted by Gasteiger charge is 2.71. The third-order valence-electron chi connectivity index (χ3n) is 13.3. The molecule has 35 heavy (non-hydrogen) atoms.